The fourth-order valence-electron chi connectivity index (χ4n) is 3.71. The SMILES string of the molecule is O=C(NCC1CC1)[C@H]1C[C@@H]2CN(Cc3ccccc3F)C[C@H]1O2.O=C(O)C(F)(F)F. The topological polar surface area (TPSA) is 78.9 Å². The normalized spacial score (nSPS) is 25.9. The van der Waals surface area contributed by atoms with Crippen LogP contribution in [0.5, 0.6) is 0 Å². The number of hydrogen-bond acceptors (Lipinski definition) is 4. The maximum Gasteiger partial charge on any atom is 0.490 e. The van der Waals surface area contributed by atoms with Gasteiger partial charge in [-0.3, -0.25) is 9.69 Å². The van der Waals surface area contributed by atoms with Crippen molar-refractivity contribution in [3.8, 4) is 0 Å². The van der Waals surface area contributed by atoms with Crippen LogP contribution in [-0.4, -0.2) is 59.9 Å². The first-order valence-electron chi connectivity index (χ1n) is 9.82. The molecule has 10 heteroatoms. The predicted molar refractivity (Wildman–Crippen MR) is 97.9 cm³/mol. The largest absolute Gasteiger partial charge is 0.490 e. The Morgan fingerprint density at radius 1 is 1.20 bits per heavy atom. The highest BCUT2D eigenvalue weighted by Crippen LogP contribution is 2.33. The lowest BCUT2D eigenvalue weighted by Crippen LogP contribution is -2.45. The number of carbonyl (C=O) groups is 2. The summed E-state index contributed by atoms with van der Waals surface area (Å²) in [6.07, 6.45) is -1.78. The van der Waals surface area contributed by atoms with Crippen molar-refractivity contribution in [2.45, 2.75) is 44.2 Å². The summed E-state index contributed by atoms with van der Waals surface area (Å²) in [6, 6.07) is 6.90. The van der Waals surface area contributed by atoms with Gasteiger partial charge in [0.15, 0.2) is 0 Å². The Morgan fingerprint density at radius 3 is 2.47 bits per heavy atom. The van der Waals surface area contributed by atoms with E-state index in [2.05, 4.69) is 10.2 Å². The van der Waals surface area contributed by atoms with Crippen LogP contribution in [0.4, 0.5) is 17.6 Å². The number of halogens is 4. The highest BCUT2D eigenvalue weighted by Gasteiger charge is 2.44. The molecule has 1 saturated carbocycles. The number of benzene rings is 1. The molecule has 166 valence electrons. The van der Waals surface area contributed by atoms with Crippen molar-refractivity contribution in [3.63, 3.8) is 0 Å². The minimum absolute atomic E-state index is 0.0515. The Balaban J connectivity index is 0.000000318. The number of carboxylic acid groups (broad SMARTS) is 1. The number of ether oxygens (including phenoxy) is 1. The Bertz CT molecular complexity index is 769. The van der Waals surface area contributed by atoms with Gasteiger partial charge >= 0.3 is 12.1 Å². The van der Waals surface area contributed by atoms with E-state index in [1.54, 1.807) is 6.07 Å². The van der Waals surface area contributed by atoms with E-state index in [0.717, 1.165) is 19.5 Å². The highest BCUT2D eigenvalue weighted by atomic mass is 19.4. The first-order valence-corrected chi connectivity index (χ1v) is 9.82. The van der Waals surface area contributed by atoms with Crippen LogP contribution in [-0.2, 0) is 20.9 Å². The lowest BCUT2D eigenvalue weighted by molar-refractivity contribution is -0.192. The molecule has 2 heterocycles. The molecule has 3 fully saturated rings. The van der Waals surface area contributed by atoms with Crippen LogP contribution in [0.15, 0.2) is 24.3 Å². The first kappa shape index (κ1) is 22.5. The Kier molecular flexibility index (Phi) is 6.97. The van der Waals surface area contributed by atoms with Gasteiger partial charge in [-0.15, -0.1) is 0 Å². The van der Waals surface area contributed by atoms with Crippen LogP contribution in [0.1, 0.15) is 24.8 Å². The molecule has 3 aliphatic rings. The van der Waals surface area contributed by atoms with E-state index in [-0.39, 0.29) is 29.9 Å². The first-order chi connectivity index (χ1) is 14.1. The fraction of sp³-hybridized carbons (Fsp3) is 0.600. The zero-order valence-corrected chi connectivity index (χ0v) is 16.2. The third-order valence-electron chi connectivity index (χ3n) is 5.43. The van der Waals surface area contributed by atoms with Crippen LogP contribution in [0.25, 0.3) is 0 Å². The predicted octanol–water partition coefficient (Wildman–Crippen LogP) is 2.57. The number of carboxylic acids is 1. The molecule has 4 rings (SSSR count). The Hall–Kier alpha value is -2.20. The third-order valence-corrected chi connectivity index (χ3v) is 5.43. The average Bonchev–Trinajstić information content (AvgIpc) is 3.45. The summed E-state index contributed by atoms with van der Waals surface area (Å²) in [5.41, 5.74) is 0.712. The number of alkyl halides is 3. The Morgan fingerprint density at radius 2 is 1.87 bits per heavy atom. The summed E-state index contributed by atoms with van der Waals surface area (Å²) in [7, 11) is 0. The number of carbonyl (C=O) groups excluding carboxylic acids is 1. The van der Waals surface area contributed by atoms with Crippen molar-refractivity contribution >= 4 is 11.9 Å². The van der Waals surface area contributed by atoms with E-state index in [1.165, 1.54) is 18.9 Å². The number of likely N-dealkylation sites (tertiary alicyclic amines) is 1. The highest BCUT2D eigenvalue weighted by molar-refractivity contribution is 5.79. The zero-order chi connectivity index (χ0) is 21.9. The maximum absolute atomic E-state index is 13.8. The van der Waals surface area contributed by atoms with Gasteiger partial charge in [0.05, 0.1) is 18.1 Å². The van der Waals surface area contributed by atoms with Gasteiger partial charge in [-0.1, -0.05) is 18.2 Å². The van der Waals surface area contributed by atoms with Gasteiger partial charge in [0.1, 0.15) is 5.82 Å². The molecule has 6 nitrogen and oxygen atoms in total. The molecule has 2 N–H and O–H groups in total. The van der Waals surface area contributed by atoms with Gasteiger partial charge in [0, 0.05) is 31.7 Å². The third kappa shape index (κ3) is 6.15. The van der Waals surface area contributed by atoms with Crippen LogP contribution in [0.2, 0.25) is 0 Å². The van der Waals surface area contributed by atoms with Gasteiger partial charge in [-0.25, -0.2) is 9.18 Å². The molecular weight excluding hydrogens is 408 g/mol. The summed E-state index contributed by atoms with van der Waals surface area (Å²) >= 11 is 0. The molecule has 2 saturated heterocycles. The van der Waals surface area contributed by atoms with Crippen molar-refractivity contribution in [2.24, 2.45) is 11.8 Å². The molecule has 0 spiro atoms. The Labute approximate surface area is 171 Å². The van der Waals surface area contributed by atoms with Crippen LogP contribution >= 0.6 is 0 Å². The standard InChI is InChI=1S/C18H23FN2O2.C2HF3O2/c19-16-4-2-1-3-13(16)9-21-10-14-7-15(17(11-21)23-14)18(22)20-8-12-5-6-12;3-2(4,5)1(6)7/h1-4,12,14-15,17H,5-11H2,(H,20,22);(H,6,7)/t14-,15+,17-;/m1./s1. The number of morpholine rings is 1. The molecule has 0 unspecified atom stereocenters. The van der Waals surface area contributed by atoms with Gasteiger partial charge in [-0.05, 0) is 31.2 Å². The van der Waals surface area contributed by atoms with Crippen molar-refractivity contribution in [1.82, 2.24) is 10.2 Å². The number of nitrogens with one attached hydrogen (secondary N) is 1. The van der Waals surface area contributed by atoms with Crippen LogP contribution in [0.3, 0.4) is 0 Å². The molecule has 1 aromatic carbocycles. The molecule has 0 radical (unpaired) electrons. The number of hydrogen-bond donors (Lipinski definition) is 2. The second-order valence-electron chi connectivity index (χ2n) is 7.92. The number of rotatable bonds is 5. The fourth-order valence-corrected chi connectivity index (χ4v) is 3.71. The molecule has 1 aliphatic carbocycles. The quantitative estimate of drug-likeness (QED) is 0.700. The number of aliphatic carboxylic acids is 1. The van der Waals surface area contributed by atoms with Gasteiger partial charge in [-0.2, -0.15) is 13.2 Å². The average molecular weight is 432 g/mol. The molecule has 2 aliphatic heterocycles. The maximum atomic E-state index is 13.8. The second-order valence-corrected chi connectivity index (χ2v) is 7.92. The van der Waals surface area contributed by atoms with Gasteiger partial charge in [0.2, 0.25) is 5.91 Å². The summed E-state index contributed by atoms with van der Waals surface area (Å²) in [4.78, 5) is 23.5. The number of fused-ring (bicyclic) bond motifs is 2. The lowest BCUT2D eigenvalue weighted by atomic mass is 9.99. The second kappa shape index (κ2) is 9.30. The molecule has 30 heavy (non-hydrogen) atoms. The summed E-state index contributed by atoms with van der Waals surface area (Å²) in [6.45, 7) is 2.87. The molecule has 2 bridgehead atoms. The molecule has 3 atom stereocenters. The molecule has 1 amide bonds. The lowest BCUT2D eigenvalue weighted by Gasteiger charge is -2.32. The molecule has 1 aromatic rings. The van der Waals surface area contributed by atoms with Crippen molar-refractivity contribution < 1.29 is 37.0 Å². The van der Waals surface area contributed by atoms with Crippen LogP contribution in [0, 0.1) is 17.7 Å². The summed E-state index contributed by atoms with van der Waals surface area (Å²) < 4.78 is 51.5. The van der Waals surface area contributed by atoms with Gasteiger partial charge < -0.3 is 15.2 Å². The molecule has 0 aromatic heterocycles. The van der Waals surface area contributed by atoms with Crippen LogP contribution < -0.4 is 5.32 Å². The minimum Gasteiger partial charge on any atom is -0.475 e. The monoisotopic (exact) mass is 432 g/mol. The van der Waals surface area contributed by atoms with Gasteiger partial charge in [0.25, 0.3) is 0 Å². The smallest absolute Gasteiger partial charge is 0.475 e. The molecular formula is C20H24F4N2O4. The number of nitrogens with zero attached hydrogens (tertiary/aromatic N) is 1. The van der Waals surface area contributed by atoms with E-state index in [4.69, 9.17) is 14.6 Å². The minimum atomic E-state index is -5.08. The van der Waals surface area contributed by atoms with E-state index in [9.17, 15) is 22.4 Å². The van der Waals surface area contributed by atoms with E-state index in [1.807, 2.05) is 12.1 Å². The number of amides is 1. The van der Waals surface area contributed by atoms with Crippen molar-refractivity contribution in [1.29, 1.82) is 0 Å². The van der Waals surface area contributed by atoms with E-state index < -0.39 is 12.1 Å². The summed E-state index contributed by atoms with van der Waals surface area (Å²) in [5.74, 6) is -2.14. The van der Waals surface area contributed by atoms with E-state index >= 15 is 0 Å². The summed E-state index contributed by atoms with van der Waals surface area (Å²) in [5, 5.41) is 10.2. The van der Waals surface area contributed by atoms with E-state index in [0.29, 0.717) is 24.6 Å². The van der Waals surface area contributed by atoms with Crippen molar-refractivity contribution in [3.05, 3.63) is 35.6 Å². The zero-order valence-electron chi connectivity index (χ0n) is 16.2. The van der Waals surface area contributed by atoms with Crippen molar-refractivity contribution in [2.75, 3.05) is 19.6 Å².